The molecule has 0 N–H and O–H groups in total. The van der Waals surface area contributed by atoms with Crippen molar-refractivity contribution < 1.29 is 23.5 Å². The molecule has 8 heteroatoms. The van der Waals surface area contributed by atoms with Crippen molar-refractivity contribution in [1.29, 1.82) is 0 Å². The molecule has 2 aliphatic heterocycles. The molecule has 7 nitrogen and oxygen atoms in total. The average Bonchev–Trinajstić information content (AvgIpc) is 3.78. The average molecular weight is 534 g/mol. The van der Waals surface area contributed by atoms with Crippen LogP contribution in [0.3, 0.4) is 0 Å². The second-order valence-electron chi connectivity index (χ2n) is 11.4. The largest absolute Gasteiger partial charge is 0.497 e. The topological polar surface area (TPSA) is 70.2 Å². The Balaban J connectivity index is 1.34. The maximum atomic E-state index is 15.1. The zero-order chi connectivity index (χ0) is 27.1. The molecule has 2 aromatic rings. The minimum absolute atomic E-state index is 0.0344. The lowest BCUT2D eigenvalue weighted by Gasteiger charge is -2.46. The van der Waals surface area contributed by atoms with Crippen LogP contribution in [-0.4, -0.2) is 70.7 Å². The van der Waals surface area contributed by atoms with Crippen molar-refractivity contribution in [2.45, 2.75) is 76.0 Å². The second-order valence-corrected chi connectivity index (χ2v) is 11.4. The summed E-state index contributed by atoms with van der Waals surface area (Å²) in [5.41, 5.74) is 1.22. The Morgan fingerprint density at radius 3 is 2.36 bits per heavy atom. The number of amides is 3. The fourth-order valence-corrected chi connectivity index (χ4v) is 6.87. The van der Waals surface area contributed by atoms with E-state index in [1.165, 1.54) is 24.5 Å². The Morgan fingerprint density at radius 2 is 1.69 bits per heavy atom. The van der Waals surface area contributed by atoms with Gasteiger partial charge in [-0.25, -0.2) is 4.39 Å². The fraction of sp³-hybridized carbons (Fsp3) is 0.516. The summed E-state index contributed by atoms with van der Waals surface area (Å²) in [6.07, 6.45) is 8.34. The van der Waals surface area contributed by atoms with E-state index in [-0.39, 0.29) is 42.9 Å². The van der Waals surface area contributed by atoms with Gasteiger partial charge in [-0.2, -0.15) is 0 Å². The molecule has 2 saturated carbocycles. The van der Waals surface area contributed by atoms with Crippen LogP contribution in [-0.2, 0) is 11.3 Å². The number of fused-ring (bicyclic) bond motifs is 2. The van der Waals surface area contributed by atoms with Crippen molar-refractivity contribution >= 4 is 17.7 Å². The van der Waals surface area contributed by atoms with Gasteiger partial charge >= 0.3 is 0 Å². The Bertz CT molecular complexity index is 1240. The first kappa shape index (κ1) is 26.0. The van der Waals surface area contributed by atoms with Gasteiger partial charge in [0, 0.05) is 36.8 Å². The molecule has 206 valence electrons. The number of likely N-dealkylation sites (tertiary alicyclic amines) is 1. The highest BCUT2D eigenvalue weighted by molar-refractivity contribution is 6.21. The van der Waals surface area contributed by atoms with Gasteiger partial charge in [-0.15, -0.1) is 0 Å². The Hall–Kier alpha value is -3.26. The molecule has 39 heavy (non-hydrogen) atoms. The van der Waals surface area contributed by atoms with Crippen LogP contribution >= 0.6 is 0 Å². The highest BCUT2D eigenvalue weighted by Gasteiger charge is 2.46. The minimum Gasteiger partial charge on any atom is -0.497 e. The third-order valence-corrected chi connectivity index (χ3v) is 9.07. The van der Waals surface area contributed by atoms with Crippen LogP contribution in [0.25, 0.3) is 0 Å². The SMILES string of the molecule is COc1ccc(CN(C2CC2)[C@H](CN2C(=O)c3ccccc3C2=O)C(=O)N2CCC[C@H]3CCCC[C@@H]32)c(F)c1. The standard InChI is InChI=1S/C31H36FN3O4/c1-39-23-15-12-21(26(32)17-23)18-34(22-13-14-22)28(19-35-29(36)24-9-3-4-10-25(24)30(35)37)31(38)33-16-6-8-20-7-2-5-11-27(20)33/h3-4,9-10,12,15,17,20,22,27-28H,2,5-8,11,13-14,16,18-19H2,1H3/t20-,27+,28-/m1/s1. The Kier molecular flexibility index (Phi) is 7.14. The Labute approximate surface area is 228 Å². The van der Waals surface area contributed by atoms with Crippen LogP contribution in [0.5, 0.6) is 5.75 Å². The van der Waals surface area contributed by atoms with Crippen molar-refractivity contribution in [3.05, 3.63) is 65.0 Å². The predicted octanol–water partition coefficient (Wildman–Crippen LogP) is 4.64. The van der Waals surface area contributed by atoms with E-state index in [1.54, 1.807) is 36.4 Å². The van der Waals surface area contributed by atoms with Crippen LogP contribution in [0, 0.1) is 11.7 Å². The van der Waals surface area contributed by atoms with Crippen molar-refractivity contribution in [1.82, 2.24) is 14.7 Å². The lowest BCUT2D eigenvalue weighted by molar-refractivity contribution is -0.144. The number of nitrogens with zero attached hydrogens (tertiary/aromatic N) is 3. The molecule has 4 aliphatic rings. The summed E-state index contributed by atoms with van der Waals surface area (Å²) in [6, 6.07) is 11.2. The molecule has 0 spiro atoms. The first-order chi connectivity index (χ1) is 19.0. The lowest BCUT2D eigenvalue weighted by atomic mass is 9.78. The highest BCUT2D eigenvalue weighted by atomic mass is 19.1. The maximum absolute atomic E-state index is 15.1. The zero-order valence-corrected chi connectivity index (χ0v) is 22.5. The summed E-state index contributed by atoms with van der Waals surface area (Å²) in [6.45, 7) is 0.878. The van der Waals surface area contributed by atoms with Gasteiger partial charge in [0.05, 0.1) is 24.8 Å². The molecule has 1 saturated heterocycles. The van der Waals surface area contributed by atoms with Gasteiger partial charge in [0.25, 0.3) is 11.8 Å². The first-order valence-electron chi connectivity index (χ1n) is 14.3. The van der Waals surface area contributed by atoms with Crippen LogP contribution < -0.4 is 4.74 Å². The Morgan fingerprint density at radius 1 is 1.00 bits per heavy atom. The molecule has 2 aliphatic carbocycles. The number of carbonyl (C=O) groups excluding carboxylic acids is 3. The number of hydrogen-bond donors (Lipinski definition) is 0. The predicted molar refractivity (Wildman–Crippen MR) is 144 cm³/mol. The fourth-order valence-electron chi connectivity index (χ4n) is 6.87. The van der Waals surface area contributed by atoms with E-state index in [0.717, 1.165) is 44.9 Å². The zero-order valence-electron chi connectivity index (χ0n) is 22.5. The van der Waals surface area contributed by atoms with Crippen LogP contribution in [0.2, 0.25) is 0 Å². The third kappa shape index (κ3) is 4.95. The van der Waals surface area contributed by atoms with Crippen molar-refractivity contribution in [3.63, 3.8) is 0 Å². The summed E-state index contributed by atoms with van der Waals surface area (Å²) in [4.78, 5) is 46.5. The van der Waals surface area contributed by atoms with Gasteiger partial charge in [-0.1, -0.05) is 31.0 Å². The van der Waals surface area contributed by atoms with Gasteiger partial charge < -0.3 is 9.64 Å². The molecule has 2 aromatic carbocycles. The van der Waals surface area contributed by atoms with Gasteiger partial charge in [-0.3, -0.25) is 24.2 Å². The van der Waals surface area contributed by atoms with E-state index >= 15 is 4.39 Å². The number of ether oxygens (including phenoxy) is 1. The quantitative estimate of drug-likeness (QED) is 0.463. The summed E-state index contributed by atoms with van der Waals surface area (Å²) < 4.78 is 20.3. The van der Waals surface area contributed by atoms with Gasteiger partial charge in [-0.05, 0) is 62.6 Å². The molecule has 0 aromatic heterocycles. The molecular weight excluding hydrogens is 497 g/mol. The van der Waals surface area contributed by atoms with Crippen molar-refractivity contribution in [2.24, 2.45) is 5.92 Å². The number of piperidine rings is 1. The van der Waals surface area contributed by atoms with Crippen molar-refractivity contribution in [3.8, 4) is 5.75 Å². The summed E-state index contributed by atoms with van der Waals surface area (Å²) in [5, 5.41) is 0. The van der Waals surface area contributed by atoms with E-state index < -0.39 is 11.9 Å². The number of hydrogen-bond acceptors (Lipinski definition) is 5. The molecule has 3 fully saturated rings. The number of benzene rings is 2. The molecule has 0 bridgehead atoms. The second kappa shape index (κ2) is 10.7. The van der Waals surface area contributed by atoms with Gasteiger partial charge in [0.15, 0.2) is 0 Å². The smallest absolute Gasteiger partial charge is 0.261 e. The number of rotatable bonds is 8. The van der Waals surface area contributed by atoms with Crippen LogP contribution in [0.15, 0.2) is 42.5 Å². The van der Waals surface area contributed by atoms with E-state index in [4.69, 9.17) is 4.74 Å². The molecule has 2 heterocycles. The molecule has 3 atom stereocenters. The van der Waals surface area contributed by atoms with Gasteiger partial charge in [0.1, 0.15) is 17.6 Å². The number of imide groups is 1. The van der Waals surface area contributed by atoms with Crippen LogP contribution in [0.4, 0.5) is 4.39 Å². The summed E-state index contributed by atoms with van der Waals surface area (Å²) >= 11 is 0. The lowest BCUT2D eigenvalue weighted by Crippen LogP contribution is -2.59. The first-order valence-corrected chi connectivity index (χ1v) is 14.3. The number of methoxy groups -OCH3 is 1. The van der Waals surface area contributed by atoms with Crippen molar-refractivity contribution in [2.75, 3.05) is 20.2 Å². The van der Waals surface area contributed by atoms with Gasteiger partial charge in [0.2, 0.25) is 5.91 Å². The maximum Gasteiger partial charge on any atom is 0.261 e. The van der Waals surface area contributed by atoms with E-state index in [1.807, 2.05) is 9.80 Å². The number of halogens is 1. The minimum atomic E-state index is -0.734. The van der Waals surface area contributed by atoms with E-state index in [0.29, 0.717) is 34.9 Å². The molecule has 0 unspecified atom stereocenters. The monoisotopic (exact) mass is 533 g/mol. The summed E-state index contributed by atoms with van der Waals surface area (Å²) in [7, 11) is 1.50. The molecule has 0 radical (unpaired) electrons. The van der Waals surface area contributed by atoms with E-state index in [9.17, 15) is 14.4 Å². The van der Waals surface area contributed by atoms with Crippen LogP contribution in [0.1, 0.15) is 77.6 Å². The highest BCUT2D eigenvalue weighted by Crippen LogP contribution is 2.38. The third-order valence-electron chi connectivity index (χ3n) is 9.07. The molecular formula is C31H36FN3O4. The normalized spacial score (nSPS) is 23.6. The molecule has 3 amide bonds. The number of carbonyl (C=O) groups is 3. The summed E-state index contributed by atoms with van der Waals surface area (Å²) in [5.74, 6) is -0.224. The van der Waals surface area contributed by atoms with E-state index in [2.05, 4.69) is 0 Å². The molecule has 6 rings (SSSR count).